The molecule has 0 N–H and O–H groups in total. The van der Waals surface area contributed by atoms with Crippen LogP contribution in [0.5, 0.6) is 5.75 Å². The predicted molar refractivity (Wildman–Crippen MR) is 94.3 cm³/mol. The van der Waals surface area contributed by atoms with E-state index in [-0.39, 0.29) is 23.5 Å². The number of benzene rings is 2. The zero-order valence-corrected chi connectivity index (χ0v) is 14.7. The molecule has 0 atom stereocenters. The van der Waals surface area contributed by atoms with Crippen LogP contribution in [0.3, 0.4) is 0 Å². The van der Waals surface area contributed by atoms with Gasteiger partial charge in [0.2, 0.25) is 0 Å². The molecule has 6 nitrogen and oxygen atoms in total. The Morgan fingerprint density at radius 3 is 2.65 bits per heavy atom. The van der Waals surface area contributed by atoms with E-state index in [2.05, 4.69) is 9.73 Å². The molecule has 3 rings (SSSR count). The number of rotatable bonds is 5. The van der Waals surface area contributed by atoms with Gasteiger partial charge in [-0.1, -0.05) is 35.6 Å². The highest BCUT2D eigenvalue weighted by atomic mass is 32.1. The summed E-state index contributed by atoms with van der Waals surface area (Å²) in [4.78, 5) is 28.0. The smallest absolute Gasteiger partial charge is 0.325 e. The summed E-state index contributed by atoms with van der Waals surface area (Å²) in [5, 5.41) is 0. The van der Waals surface area contributed by atoms with Crippen molar-refractivity contribution in [3.63, 3.8) is 0 Å². The zero-order valence-electron chi connectivity index (χ0n) is 13.8. The second-order valence-corrected chi connectivity index (χ2v) is 6.25. The lowest BCUT2D eigenvalue weighted by atomic mass is 10.3. The van der Waals surface area contributed by atoms with Crippen LogP contribution in [0.2, 0.25) is 0 Å². The first-order valence-electron chi connectivity index (χ1n) is 7.68. The average molecular weight is 374 g/mol. The van der Waals surface area contributed by atoms with Crippen LogP contribution in [0.25, 0.3) is 10.2 Å². The minimum atomic E-state index is -0.567. The summed E-state index contributed by atoms with van der Waals surface area (Å²) >= 11 is 1.11. The highest BCUT2D eigenvalue weighted by Gasteiger charge is 2.15. The van der Waals surface area contributed by atoms with Gasteiger partial charge in [-0.2, -0.15) is 4.99 Å². The molecule has 26 heavy (non-hydrogen) atoms. The van der Waals surface area contributed by atoms with Crippen LogP contribution in [0.15, 0.2) is 53.5 Å². The van der Waals surface area contributed by atoms with Gasteiger partial charge in [0.1, 0.15) is 18.1 Å². The molecule has 0 saturated heterocycles. The SMILES string of the molecule is COC(=O)Cn1c(=NC(=O)COc2ccccc2)sc2cccc(F)c21. The molecule has 0 fully saturated rings. The van der Waals surface area contributed by atoms with E-state index >= 15 is 0 Å². The van der Waals surface area contributed by atoms with Crippen molar-refractivity contribution >= 4 is 33.4 Å². The maximum atomic E-state index is 14.2. The summed E-state index contributed by atoms with van der Waals surface area (Å²) in [5.74, 6) is -1.07. The van der Waals surface area contributed by atoms with Gasteiger partial charge in [0.05, 0.1) is 17.3 Å². The van der Waals surface area contributed by atoms with Gasteiger partial charge in [-0.3, -0.25) is 9.59 Å². The molecule has 8 heteroatoms. The first kappa shape index (κ1) is 17.8. The number of aromatic nitrogens is 1. The summed E-state index contributed by atoms with van der Waals surface area (Å²) in [6, 6.07) is 13.4. The summed E-state index contributed by atoms with van der Waals surface area (Å²) in [6.45, 7) is -0.512. The van der Waals surface area contributed by atoms with E-state index in [4.69, 9.17) is 4.74 Å². The fourth-order valence-electron chi connectivity index (χ4n) is 2.31. The molecule has 1 amide bonds. The molecule has 134 valence electrons. The van der Waals surface area contributed by atoms with Gasteiger partial charge < -0.3 is 14.0 Å². The number of methoxy groups -OCH3 is 1. The number of esters is 1. The van der Waals surface area contributed by atoms with E-state index in [0.29, 0.717) is 10.4 Å². The topological polar surface area (TPSA) is 69.9 Å². The third kappa shape index (κ3) is 3.97. The van der Waals surface area contributed by atoms with Gasteiger partial charge in [-0.05, 0) is 24.3 Å². The monoisotopic (exact) mass is 374 g/mol. The van der Waals surface area contributed by atoms with Gasteiger partial charge in [0.25, 0.3) is 5.91 Å². The lowest BCUT2D eigenvalue weighted by molar-refractivity contribution is -0.141. The molecule has 0 unspecified atom stereocenters. The lowest BCUT2D eigenvalue weighted by Crippen LogP contribution is -2.24. The van der Waals surface area contributed by atoms with Gasteiger partial charge in [-0.15, -0.1) is 0 Å². The van der Waals surface area contributed by atoms with Crippen molar-refractivity contribution in [2.75, 3.05) is 13.7 Å². The maximum Gasteiger partial charge on any atom is 0.325 e. The first-order valence-corrected chi connectivity index (χ1v) is 8.50. The van der Waals surface area contributed by atoms with Crippen LogP contribution in [0.4, 0.5) is 4.39 Å². The first-order chi connectivity index (χ1) is 12.6. The second-order valence-electron chi connectivity index (χ2n) is 5.24. The Hall–Kier alpha value is -3.00. The van der Waals surface area contributed by atoms with Crippen molar-refractivity contribution in [3.05, 3.63) is 59.1 Å². The van der Waals surface area contributed by atoms with Crippen molar-refractivity contribution in [1.82, 2.24) is 4.57 Å². The second kappa shape index (κ2) is 7.92. The van der Waals surface area contributed by atoms with Gasteiger partial charge in [0.15, 0.2) is 11.4 Å². The predicted octanol–water partition coefficient (Wildman–Crippen LogP) is 2.52. The minimum Gasteiger partial charge on any atom is -0.484 e. The van der Waals surface area contributed by atoms with Gasteiger partial charge in [0, 0.05) is 0 Å². The molecule has 1 heterocycles. The Bertz CT molecular complexity index is 1010. The van der Waals surface area contributed by atoms with Crippen LogP contribution in [0.1, 0.15) is 0 Å². The molecule has 0 radical (unpaired) electrons. The van der Waals surface area contributed by atoms with Crippen molar-refractivity contribution in [2.24, 2.45) is 4.99 Å². The number of carbonyl (C=O) groups is 2. The van der Waals surface area contributed by atoms with E-state index in [1.165, 1.54) is 17.7 Å². The van der Waals surface area contributed by atoms with Gasteiger partial charge >= 0.3 is 5.97 Å². The Morgan fingerprint density at radius 2 is 1.92 bits per heavy atom. The van der Waals surface area contributed by atoms with Crippen molar-refractivity contribution < 1.29 is 23.5 Å². The van der Waals surface area contributed by atoms with Crippen molar-refractivity contribution in [1.29, 1.82) is 0 Å². The third-order valence-corrected chi connectivity index (χ3v) is 4.54. The van der Waals surface area contributed by atoms with E-state index < -0.39 is 17.7 Å². The molecule has 3 aromatic rings. The van der Waals surface area contributed by atoms with Crippen molar-refractivity contribution in [2.45, 2.75) is 6.54 Å². The fourth-order valence-corrected chi connectivity index (χ4v) is 3.37. The summed E-state index contributed by atoms with van der Waals surface area (Å²) in [5.41, 5.74) is 0.207. The van der Waals surface area contributed by atoms with Crippen LogP contribution in [0, 0.1) is 5.82 Å². The Labute approximate surface area is 152 Å². The maximum absolute atomic E-state index is 14.2. The summed E-state index contributed by atoms with van der Waals surface area (Å²) < 4.78 is 26.1. The Morgan fingerprint density at radius 1 is 1.15 bits per heavy atom. The number of hydrogen-bond acceptors (Lipinski definition) is 5. The van der Waals surface area contributed by atoms with E-state index in [0.717, 1.165) is 11.3 Å². The molecule has 0 bridgehead atoms. The number of hydrogen-bond donors (Lipinski definition) is 0. The number of ether oxygens (including phenoxy) is 2. The molecule has 0 saturated carbocycles. The number of amides is 1. The normalized spacial score (nSPS) is 11.5. The van der Waals surface area contributed by atoms with Crippen LogP contribution in [-0.2, 0) is 20.9 Å². The lowest BCUT2D eigenvalue weighted by Gasteiger charge is -2.04. The van der Waals surface area contributed by atoms with Crippen LogP contribution < -0.4 is 9.54 Å². The molecular weight excluding hydrogens is 359 g/mol. The number of halogens is 1. The Kier molecular flexibility index (Phi) is 5.43. The number of thiazole rings is 1. The number of carbonyl (C=O) groups excluding carboxylic acids is 2. The quantitative estimate of drug-likeness (QED) is 0.644. The van der Waals surface area contributed by atoms with E-state index in [1.807, 2.05) is 6.07 Å². The molecule has 0 aliphatic heterocycles. The van der Waals surface area contributed by atoms with Crippen LogP contribution >= 0.6 is 11.3 Å². The number of para-hydroxylation sites is 2. The van der Waals surface area contributed by atoms with Gasteiger partial charge in [-0.25, -0.2) is 4.39 Å². The largest absolute Gasteiger partial charge is 0.484 e. The average Bonchev–Trinajstić information content (AvgIpc) is 2.99. The molecule has 2 aromatic carbocycles. The molecular formula is C18H15FN2O4S. The van der Waals surface area contributed by atoms with E-state index in [9.17, 15) is 14.0 Å². The minimum absolute atomic E-state index is 0.206. The van der Waals surface area contributed by atoms with E-state index in [1.54, 1.807) is 36.4 Å². The standard InChI is InChI=1S/C18H15FN2O4S/c1-24-16(23)10-21-17-13(19)8-5-9-14(17)26-18(21)20-15(22)11-25-12-6-3-2-4-7-12/h2-9H,10-11H2,1H3. The molecule has 0 aliphatic rings. The van der Waals surface area contributed by atoms with Crippen molar-refractivity contribution in [3.8, 4) is 5.75 Å². The number of nitrogens with zero attached hydrogens (tertiary/aromatic N) is 2. The molecule has 1 aromatic heterocycles. The third-order valence-electron chi connectivity index (χ3n) is 3.49. The summed E-state index contributed by atoms with van der Waals surface area (Å²) in [7, 11) is 1.24. The number of fused-ring (bicyclic) bond motifs is 1. The fraction of sp³-hybridized carbons (Fsp3) is 0.167. The van der Waals surface area contributed by atoms with Crippen LogP contribution in [-0.4, -0.2) is 30.2 Å². The Balaban J connectivity index is 1.93. The molecule has 0 aliphatic carbocycles. The molecule has 0 spiro atoms. The highest BCUT2D eigenvalue weighted by molar-refractivity contribution is 7.16. The summed E-state index contributed by atoms with van der Waals surface area (Å²) in [6.07, 6.45) is 0. The zero-order chi connectivity index (χ0) is 18.5. The highest BCUT2D eigenvalue weighted by Crippen LogP contribution is 2.20.